The number of thioether (sulfide) groups is 1. The molecule has 0 saturated carbocycles. The van der Waals surface area contributed by atoms with E-state index in [1.165, 1.54) is 23.9 Å². The van der Waals surface area contributed by atoms with Crippen molar-refractivity contribution in [2.45, 2.75) is 24.5 Å². The van der Waals surface area contributed by atoms with Gasteiger partial charge in [0.05, 0.1) is 0 Å². The van der Waals surface area contributed by atoms with Gasteiger partial charge in [0.15, 0.2) is 6.61 Å². The third-order valence-corrected chi connectivity index (χ3v) is 4.39. The molecule has 4 nitrogen and oxygen atoms in total. The zero-order valence-corrected chi connectivity index (χ0v) is 14.4. The first-order valence-corrected chi connectivity index (χ1v) is 8.55. The maximum atomic E-state index is 13.0. The smallest absolute Gasteiger partial charge is 0.277 e. The summed E-state index contributed by atoms with van der Waals surface area (Å²) in [7, 11) is 0. The van der Waals surface area contributed by atoms with Crippen molar-refractivity contribution in [3.05, 3.63) is 70.3 Å². The summed E-state index contributed by atoms with van der Waals surface area (Å²) >= 11 is 7.33. The maximum absolute atomic E-state index is 13.0. The minimum Gasteiger partial charge on any atom is -0.484 e. The first-order valence-electron chi connectivity index (χ1n) is 7.19. The van der Waals surface area contributed by atoms with Crippen LogP contribution in [0.2, 0.25) is 5.02 Å². The van der Waals surface area contributed by atoms with Gasteiger partial charge >= 0.3 is 0 Å². The van der Waals surface area contributed by atoms with Crippen molar-refractivity contribution in [2.75, 3.05) is 0 Å². The van der Waals surface area contributed by atoms with E-state index in [2.05, 4.69) is 10.2 Å². The van der Waals surface area contributed by atoms with Crippen LogP contribution in [-0.2, 0) is 12.4 Å². The molecule has 0 aliphatic rings. The molecule has 0 unspecified atom stereocenters. The van der Waals surface area contributed by atoms with Gasteiger partial charge in [0.1, 0.15) is 11.6 Å². The average molecular weight is 365 g/mol. The molecular weight excluding hydrogens is 351 g/mol. The second-order valence-electron chi connectivity index (χ2n) is 5.09. The monoisotopic (exact) mass is 364 g/mol. The molecule has 0 radical (unpaired) electrons. The molecule has 1 heterocycles. The quantitative estimate of drug-likeness (QED) is 0.573. The molecule has 0 aliphatic heterocycles. The van der Waals surface area contributed by atoms with Crippen molar-refractivity contribution < 1.29 is 13.5 Å². The highest BCUT2D eigenvalue weighted by Gasteiger charge is 2.10. The van der Waals surface area contributed by atoms with E-state index in [1.54, 1.807) is 6.07 Å². The van der Waals surface area contributed by atoms with Crippen molar-refractivity contribution in [3.8, 4) is 5.75 Å². The molecule has 7 heteroatoms. The Bertz CT molecular complexity index is 841. The zero-order chi connectivity index (χ0) is 16.9. The molecule has 3 aromatic rings. The van der Waals surface area contributed by atoms with Gasteiger partial charge in [0, 0.05) is 10.8 Å². The predicted octanol–water partition coefficient (Wildman–Crippen LogP) is 5.04. The number of rotatable bonds is 6. The van der Waals surface area contributed by atoms with Crippen LogP contribution in [0.25, 0.3) is 0 Å². The third kappa shape index (κ3) is 4.49. The lowest BCUT2D eigenvalue weighted by Crippen LogP contribution is -1.95. The maximum Gasteiger partial charge on any atom is 0.277 e. The van der Waals surface area contributed by atoms with Crippen LogP contribution in [0.1, 0.15) is 17.0 Å². The van der Waals surface area contributed by atoms with Gasteiger partial charge < -0.3 is 9.15 Å². The number of aromatic nitrogens is 2. The fourth-order valence-electron chi connectivity index (χ4n) is 1.98. The van der Waals surface area contributed by atoms with Gasteiger partial charge in [-0.15, -0.1) is 10.2 Å². The van der Waals surface area contributed by atoms with E-state index in [0.717, 1.165) is 16.9 Å². The number of aryl methyl sites for hydroxylation is 1. The first-order chi connectivity index (χ1) is 11.6. The highest BCUT2D eigenvalue weighted by molar-refractivity contribution is 7.98. The fraction of sp³-hybridized carbons (Fsp3) is 0.176. The number of benzene rings is 2. The van der Waals surface area contributed by atoms with Gasteiger partial charge in [0.2, 0.25) is 0 Å². The number of ether oxygens (including phenoxy) is 1. The lowest BCUT2D eigenvalue weighted by atomic mass is 10.2. The Morgan fingerprint density at radius 2 is 2.08 bits per heavy atom. The summed E-state index contributed by atoms with van der Waals surface area (Å²) in [4.78, 5) is 0. The van der Waals surface area contributed by atoms with Crippen LogP contribution < -0.4 is 4.74 Å². The molecule has 0 bridgehead atoms. The van der Waals surface area contributed by atoms with Crippen molar-refractivity contribution >= 4 is 23.4 Å². The number of nitrogens with zero attached hydrogens (tertiary/aromatic N) is 2. The molecule has 0 atom stereocenters. The van der Waals surface area contributed by atoms with E-state index in [9.17, 15) is 4.39 Å². The average Bonchev–Trinajstić information content (AvgIpc) is 3.00. The van der Waals surface area contributed by atoms with Gasteiger partial charge in [-0.3, -0.25) is 0 Å². The van der Waals surface area contributed by atoms with Crippen LogP contribution in [0.4, 0.5) is 4.39 Å². The third-order valence-electron chi connectivity index (χ3n) is 3.17. The SMILES string of the molecule is Cc1cccc(OCc2nnc(SCc3ccc(F)cc3Cl)o2)c1. The molecule has 124 valence electrons. The van der Waals surface area contributed by atoms with E-state index in [0.29, 0.717) is 21.9 Å². The standard InChI is InChI=1S/C17H14ClFN2O2S/c1-11-3-2-4-14(7-11)22-9-16-20-21-17(23-16)24-10-12-5-6-13(19)8-15(12)18/h2-8H,9-10H2,1H3. The second kappa shape index (κ2) is 7.68. The summed E-state index contributed by atoms with van der Waals surface area (Å²) in [6.07, 6.45) is 0. The molecule has 0 spiro atoms. The Morgan fingerprint density at radius 1 is 1.21 bits per heavy atom. The Morgan fingerprint density at radius 3 is 2.88 bits per heavy atom. The minimum absolute atomic E-state index is 0.203. The Balaban J connectivity index is 1.55. The molecule has 3 rings (SSSR count). The molecule has 0 amide bonds. The topological polar surface area (TPSA) is 48.2 Å². The van der Waals surface area contributed by atoms with Gasteiger partial charge in [0.25, 0.3) is 11.1 Å². The summed E-state index contributed by atoms with van der Waals surface area (Å²) in [5.41, 5.74) is 1.92. The van der Waals surface area contributed by atoms with Crippen molar-refractivity contribution in [3.63, 3.8) is 0 Å². The van der Waals surface area contributed by atoms with Gasteiger partial charge in [-0.25, -0.2) is 4.39 Å². The lowest BCUT2D eigenvalue weighted by Gasteiger charge is -2.03. The Hall–Kier alpha value is -2.05. The number of hydrogen-bond donors (Lipinski definition) is 0. The summed E-state index contributed by atoms with van der Waals surface area (Å²) in [6.45, 7) is 2.20. The molecule has 2 aromatic carbocycles. The minimum atomic E-state index is -0.359. The first kappa shape index (κ1) is 16.8. The summed E-state index contributed by atoms with van der Waals surface area (Å²) in [6, 6.07) is 12.0. The molecule has 1 aromatic heterocycles. The van der Waals surface area contributed by atoms with Crippen LogP contribution in [-0.4, -0.2) is 10.2 Å². The van der Waals surface area contributed by atoms with Gasteiger partial charge in [-0.2, -0.15) is 0 Å². The summed E-state index contributed by atoms with van der Waals surface area (Å²) in [5.74, 6) is 1.30. The van der Waals surface area contributed by atoms with Gasteiger partial charge in [-0.05, 0) is 42.3 Å². The van der Waals surface area contributed by atoms with Crippen LogP contribution in [0.3, 0.4) is 0 Å². The van der Waals surface area contributed by atoms with Crippen LogP contribution in [0.5, 0.6) is 5.75 Å². The van der Waals surface area contributed by atoms with E-state index in [-0.39, 0.29) is 12.4 Å². The van der Waals surface area contributed by atoms with Crippen molar-refractivity contribution in [1.82, 2.24) is 10.2 Å². The zero-order valence-electron chi connectivity index (χ0n) is 12.8. The number of hydrogen-bond acceptors (Lipinski definition) is 5. The summed E-state index contributed by atoms with van der Waals surface area (Å²) < 4.78 is 24.2. The Kier molecular flexibility index (Phi) is 5.37. The van der Waals surface area contributed by atoms with E-state index in [1.807, 2.05) is 31.2 Å². The second-order valence-corrected chi connectivity index (χ2v) is 6.43. The number of halogens is 2. The molecule has 24 heavy (non-hydrogen) atoms. The largest absolute Gasteiger partial charge is 0.484 e. The molecule has 0 saturated heterocycles. The lowest BCUT2D eigenvalue weighted by molar-refractivity contribution is 0.252. The van der Waals surface area contributed by atoms with E-state index >= 15 is 0 Å². The van der Waals surface area contributed by atoms with E-state index in [4.69, 9.17) is 20.8 Å². The molecule has 0 N–H and O–H groups in total. The fourth-order valence-corrected chi connectivity index (χ4v) is 3.08. The Labute approximate surface area is 148 Å². The molecule has 0 aliphatic carbocycles. The summed E-state index contributed by atoms with van der Waals surface area (Å²) in [5, 5.41) is 8.70. The predicted molar refractivity (Wildman–Crippen MR) is 90.8 cm³/mol. The molecular formula is C17H14ClFN2O2S. The van der Waals surface area contributed by atoms with Crippen LogP contribution >= 0.6 is 23.4 Å². The van der Waals surface area contributed by atoms with E-state index < -0.39 is 0 Å². The highest BCUT2D eigenvalue weighted by atomic mass is 35.5. The van der Waals surface area contributed by atoms with Crippen LogP contribution in [0.15, 0.2) is 52.1 Å². The molecule has 0 fully saturated rings. The van der Waals surface area contributed by atoms with Crippen molar-refractivity contribution in [2.24, 2.45) is 0 Å². The normalized spacial score (nSPS) is 10.8. The van der Waals surface area contributed by atoms with Crippen LogP contribution in [0, 0.1) is 12.7 Å². The van der Waals surface area contributed by atoms with Crippen molar-refractivity contribution in [1.29, 1.82) is 0 Å². The highest BCUT2D eigenvalue weighted by Crippen LogP contribution is 2.26. The van der Waals surface area contributed by atoms with Gasteiger partial charge in [-0.1, -0.05) is 41.6 Å².